The van der Waals surface area contributed by atoms with Crippen molar-refractivity contribution < 1.29 is 4.79 Å². The van der Waals surface area contributed by atoms with Gasteiger partial charge in [-0.05, 0) is 11.3 Å². The smallest absolute Gasteiger partial charge is 0.248 e. The minimum Gasteiger partial charge on any atom is -0.366 e. The summed E-state index contributed by atoms with van der Waals surface area (Å²) in [4.78, 5) is 11.2. The van der Waals surface area contributed by atoms with E-state index < -0.39 is 0 Å². The maximum absolute atomic E-state index is 11.2. The minimum atomic E-state index is -0.322. The van der Waals surface area contributed by atoms with Crippen LogP contribution in [0.25, 0.3) is 0 Å². The lowest BCUT2D eigenvalue weighted by Gasteiger charge is -2.24. The maximum Gasteiger partial charge on any atom is 0.248 e. The Morgan fingerprint density at radius 2 is 2.31 bits per heavy atom. The number of thioether (sulfide) groups is 1. The molecule has 0 aromatic heterocycles. The van der Waals surface area contributed by atoms with Gasteiger partial charge in [-0.25, -0.2) is 0 Å². The molecule has 2 aliphatic heterocycles. The highest BCUT2D eigenvalue weighted by Gasteiger charge is 2.41. The monoisotopic (exact) mass is 234 g/mol. The molecule has 1 amide bonds. The van der Waals surface area contributed by atoms with Crippen molar-refractivity contribution in [2.75, 3.05) is 5.75 Å². The number of primary amides is 1. The summed E-state index contributed by atoms with van der Waals surface area (Å²) in [7, 11) is 0. The molecule has 0 bridgehead atoms. The molecule has 2 heterocycles. The van der Waals surface area contributed by atoms with Gasteiger partial charge in [0, 0.05) is 29.3 Å². The van der Waals surface area contributed by atoms with Crippen LogP contribution in [-0.2, 0) is 4.79 Å². The third-order valence-corrected chi connectivity index (χ3v) is 4.49. The highest BCUT2D eigenvalue weighted by molar-refractivity contribution is 8.02. The lowest BCUT2D eigenvalue weighted by molar-refractivity contribution is -0.114. The molecule has 3 nitrogen and oxygen atoms in total. The minimum absolute atomic E-state index is 0.322. The molecule has 4 atom stereocenters. The lowest BCUT2D eigenvalue weighted by Crippen LogP contribution is -2.30. The molecule has 3 aliphatic rings. The van der Waals surface area contributed by atoms with Crippen LogP contribution in [0.1, 0.15) is 0 Å². The molecule has 84 valence electrons. The fraction of sp³-hybridized carbons (Fsp3) is 0.417. The van der Waals surface area contributed by atoms with Gasteiger partial charge in [0.25, 0.3) is 0 Å². The van der Waals surface area contributed by atoms with Gasteiger partial charge in [-0.3, -0.25) is 4.79 Å². The molecule has 0 saturated carbocycles. The number of nitrogens with two attached hydrogens (primary N) is 1. The van der Waals surface area contributed by atoms with E-state index in [-0.39, 0.29) is 5.91 Å². The van der Waals surface area contributed by atoms with Gasteiger partial charge in [0.1, 0.15) is 0 Å². The van der Waals surface area contributed by atoms with Crippen molar-refractivity contribution in [2.24, 2.45) is 17.6 Å². The van der Waals surface area contributed by atoms with E-state index in [0.717, 1.165) is 5.75 Å². The van der Waals surface area contributed by atoms with Crippen LogP contribution < -0.4 is 11.1 Å². The van der Waals surface area contributed by atoms with Crippen molar-refractivity contribution in [2.45, 2.75) is 12.1 Å². The van der Waals surface area contributed by atoms with Gasteiger partial charge in [0.15, 0.2) is 0 Å². The first kappa shape index (κ1) is 10.2. The second-order valence-electron chi connectivity index (χ2n) is 4.47. The summed E-state index contributed by atoms with van der Waals surface area (Å²) in [6.07, 6.45) is 8.18. The van der Waals surface area contributed by atoms with Crippen molar-refractivity contribution >= 4 is 17.7 Å². The number of carbonyl (C=O) groups is 1. The first-order chi connectivity index (χ1) is 7.75. The first-order valence-electron chi connectivity index (χ1n) is 5.50. The summed E-state index contributed by atoms with van der Waals surface area (Å²) in [6, 6.07) is 0.811. The van der Waals surface area contributed by atoms with Gasteiger partial charge in [0.2, 0.25) is 5.91 Å². The summed E-state index contributed by atoms with van der Waals surface area (Å²) in [6.45, 7) is 0. The van der Waals surface area contributed by atoms with Crippen molar-refractivity contribution in [1.29, 1.82) is 0 Å². The Bertz CT molecular complexity index is 413. The molecule has 1 fully saturated rings. The third kappa shape index (κ3) is 1.53. The van der Waals surface area contributed by atoms with Crippen LogP contribution in [-0.4, -0.2) is 23.7 Å². The molecular formula is C12H14N2OS. The number of carbonyl (C=O) groups excluding carboxylic acids is 1. The average molecular weight is 234 g/mol. The molecule has 0 radical (unpaired) electrons. The molecule has 0 spiro atoms. The summed E-state index contributed by atoms with van der Waals surface area (Å²) in [5.41, 5.74) is 5.98. The van der Waals surface area contributed by atoms with E-state index in [0.29, 0.717) is 29.5 Å². The summed E-state index contributed by atoms with van der Waals surface area (Å²) >= 11 is 1.85. The molecule has 1 aliphatic carbocycles. The Morgan fingerprint density at radius 1 is 1.44 bits per heavy atom. The van der Waals surface area contributed by atoms with E-state index in [2.05, 4.69) is 22.9 Å². The van der Waals surface area contributed by atoms with Gasteiger partial charge in [-0.15, -0.1) is 11.8 Å². The van der Waals surface area contributed by atoms with Crippen LogP contribution in [0.5, 0.6) is 0 Å². The summed E-state index contributed by atoms with van der Waals surface area (Å²) in [5.74, 6) is 1.79. The molecule has 4 heteroatoms. The molecule has 4 unspecified atom stereocenters. The molecule has 3 N–H and O–H groups in total. The second kappa shape index (κ2) is 3.79. The zero-order valence-corrected chi connectivity index (χ0v) is 9.61. The molecule has 0 aromatic rings. The Hall–Kier alpha value is -1.00. The second-order valence-corrected chi connectivity index (χ2v) is 5.41. The van der Waals surface area contributed by atoms with Crippen molar-refractivity contribution in [3.8, 4) is 0 Å². The first-order valence-corrected chi connectivity index (χ1v) is 6.55. The Morgan fingerprint density at radius 3 is 3.12 bits per heavy atom. The van der Waals surface area contributed by atoms with E-state index in [4.69, 9.17) is 5.73 Å². The number of amides is 1. The van der Waals surface area contributed by atoms with E-state index in [1.165, 1.54) is 0 Å². The summed E-state index contributed by atoms with van der Waals surface area (Å²) < 4.78 is 0. The van der Waals surface area contributed by atoms with E-state index in [9.17, 15) is 4.79 Å². The van der Waals surface area contributed by atoms with Crippen molar-refractivity contribution in [3.05, 3.63) is 35.3 Å². The highest BCUT2D eigenvalue weighted by Crippen LogP contribution is 2.38. The molecule has 3 rings (SSSR count). The normalized spacial score (nSPS) is 40.1. The van der Waals surface area contributed by atoms with Gasteiger partial charge in [0.05, 0.1) is 0 Å². The highest BCUT2D eigenvalue weighted by atomic mass is 32.2. The van der Waals surface area contributed by atoms with E-state index in [1.807, 2.05) is 23.9 Å². The number of hydrogen-bond acceptors (Lipinski definition) is 3. The lowest BCUT2D eigenvalue weighted by atomic mass is 9.84. The van der Waals surface area contributed by atoms with Crippen LogP contribution in [0.4, 0.5) is 0 Å². The van der Waals surface area contributed by atoms with E-state index >= 15 is 0 Å². The maximum atomic E-state index is 11.2. The zero-order chi connectivity index (χ0) is 11.1. The number of hydrogen-bond donors (Lipinski definition) is 2. The van der Waals surface area contributed by atoms with Gasteiger partial charge in [-0.1, -0.05) is 24.3 Å². The SMILES string of the molecule is NC(=O)C1=CC2C(C=C1)NC1C=CSCC12. The number of fused-ring (bicyclic) bond motifs is 3. The molecular weight excluding hydrogens is 220 g/mol. The summed E-state index contributed by atoms with van der Waals surface area (Å²) in [5, 5.41) is 5.73. The van der Waals surface area contributed by atoms with Crippen LogP contribution in [0.2, 0.25) is 0 Å². The standard InChI is InChI=1S/C12H14N2OS/c13-12(15)7-1-2-10-8(5-7)9-6-16-4-3-11(9)14-10/h1-5,8-11,14H,6H2,(H2,13,15). The van der Waals surface area contributed by atoms with Gasteiger partial charge in [-0.2, -0.15) is 0 Å². The van der Waals surface area contributed by atoms with Crippen LogP contribution in [0, 0.1) is 11.8 Å². The van der Waals surface area contributed by atoms with Crippen molar-refractivity contribution in [1.82, 2.24) is 5.32 Å². The fourth-order valence-corrected chi connectivity index (χ4v) is 3.77. The largest absolute Gasteiger partial charge is 0.366 e. The predicted molar refractivity (Wildman–Crippen MR) is 65.7 cm³/mol. The van der Waals surface area contributed by atoms with Crippen LogP contribution >= 0.6 is 11.8 Å². The van der Waals surface area contributed by atoms with Gasteiger partial charge < -0.3 is 11.1 Å². The zero-order valence-electron chi connectivity index (χ0n) is 8.80. The quantitative estimate of drug-likeness (QED) is 0.705. The predicted octanol–water partition coefficient (Wildman–Crippen LogP) is 0.801. The third-order valence-electron chi connectivity index (χ3n) is 3.57. The van der Waals surface area contributed by atoms with E-state index in [1.54, 1.807) is 0 Å². The fourth-order valence-electron chi connectivity index (χ4n) is 2.73. The Kier molecular flexibility index (Phi) is 2.41. The van der Waals surface area contributed by atoms with Crippen molar-refractivity contribution in [3.63, 3.8) is 0 Å². The Balaban J connectivity index is 1.90. The van der Waals surface area contributed by atoms with Crippen LogP contribution in [0.15, 0.2) is 35.3 Å². The number of nitrogens with one attached hydrogen (secondary N) is 1. The average Bonchev–Trinajstić information content (AvgIpc) is 2.66. The number of rotatable bonds is 1. The topological polar surface area (TPSA) is 55.1 Å². The molecule has 0 aromatic carbocycles. The van der Waals surface area contributed by atoms with Crippen LogP contribution in [0.3, 0.4) is 0 Å². The Labute approximate surface area is 98.8 Å². The molecule has 16 heavy (non-hydrogen) atoms. The molecule has 1 saturated heterocycles. The van der Waals surface area contributed by atoms with Gasteiger partial charge >= 0.3 is 0 Å².